The van der Waals surface area contributed by atoms with Crippen LogP contribution in [0.1, 0.15) is 32.9 Å². The molecule has 0 bridgehead atoms. The van der Waals surface area contributed by atoms with E-state index in [1.165, 1.54) is 0 Å². The number of aryl methyl sites for hydroxylation is 1. The molecule has 7 nitrogen and oxygen atoms in total. The normalized spacial score (nSPS) is 13.2. The molecule has 2 aromatic heterocycles. The second kappa shape index (κ2) is 7.85. The van der Waals surface area contributed by atoms with Gasteiger partial charge < -0.3 is 15.8 Å². The highest BCUT2D eigenvalue weighted by atomic mass is 16.5. The lowest BCUT2D eigenvalue weighted by molar-refractivity contribution is 0.100. The van der Waals surface area contributed by atoms with Gasteiger partial charge in [0.2, 0.25) is 5.95 Å². The van der Waals surface area contributed by atoms with E-state index in [0.717, 1.165) is 39.2 Å². The first-order valence-electron chi connectivity index (χ1n) is 10.3. The summed E-state index contributed by atoms with van der Waals surface area (Å²) < 4.78 is 7.59. The fraction of sp³-hybridized carbons (Fsp3) is 0.208. The Morgan fingerprint density at radius 1 is 1.16 bits per heavy atom. The number of aromatic nitrogens is 3. The van der Waals surface area contributed by atoms with Crippen LogP contribution in [0, 0.1) is 6.92 Å². The zero-order chi connectivity index (χ0) is 21.4. The highest BCUT2D eigenvalue weighted by Gasteiger charge is 2.22. The minimum atomic E-state index is -0.473. The smallest absolute Gasteiger partial charge is 0.250 e. The van der Waals surface area contributed by atoms with Crippen molar-refractivity contribution in [2.45, 2.75) is 26.5 Å². The van der Waals surface area contributed by atoms with Crippen LogP contribution in [-0.2, 0) is 24.3 Å². The van der Waals surface area contributed by atoms with Crippen molar-refractivity contribution in [2.24, 2.45) is 5.73 Å². The van der Waals surface area contributed by atoms with Crippen LogP contribution in [0.2, 0.25) is 0 Å². The number of anilines is 1. The molecule has 0 unspecified atom stereocenters. The highest BCUT2D eigenvalue weighted by molar-refractivity contribution is 6.05. The molecule has 0 spiro atoms. The third kappa shape index (κ3) is 3.53. The number of hydrogen-bond donors (Lipinski definition) is 2. The lowest BCUT2D eigenvalue weighted by Gasteiger charge is -2.21. The number of carbonyl (C=O) groups excluding carboxylic acids is 1. The van der Waals surface area contributed by atoms with E-state index in [1.807, 2.05) is 47.9 Å². The van der Waals surface area contributed by atoms with Crippen molar-refractivity contribution in [2.75, 3.05) is 11.9 Å². The molecule has 2 aromatic carbocycles. The van der Waals surface area contributed by atoms with Crippen LogP contribution in [0.25, 0.3) is 16.9 Å². The van der Waals surface area contributed by atoms with Crippen LogP contribution in [-0.4, -0.2) is 27.0 Å². The van der Waals surface area contributed by atoms with Crippen LogP contribution < -0.4 is 11.1 Å². The van der Waals surface area contributed by atoms with Crippen molar-refractivity contribution in [1.29, 1.82) is 0 Å². The van der Waals surface area contributed by atoms with Crippen molar-refractivity contribution < 1.29 is 9.53 Å². The molecule has 3 N–H and O–H groups in total. The van der Waals surface area contributed by atoms with E-state index < -0.39 is 5.91 Å². The van der Waals surface area contributed by atoms with Crippen molar-refractivity contribution >= 4 is 22.6 Å². The van der Waals surface area contributed by atoms with Gasteiger partial charge in [0.15, 0.2) is 0 Å². The van der Waals surface area contributed by atoms with Gasteiger partial charge in [-0.25, -0.2) is 4.98 Å². The zero-order valence-electron chi connectivity index (χ0n) is 17.3. The van der Waals surface area contributed by atoms with Gasteiger partial charge >= 0.3 is 0 Å². The maximum Gasteiger partial charge on any atom is 0.250 e. The van der Waals surface area contributed by atoms with Gasteiger partial charge in [-0.05, 0) is 24.6 Å². The number of amides is 1. The Morgan fingerprint density at radius 3 is 2.81 bits per heavy atom. The second-order valence-corrected chi connectivity index (χ2v) is 7.67. The van der Waals surface area contributed by atoms with Gasteiger partial charge in [0.05, 0.1) is 30.0 Å². The molecule has 1 aliphatic heterocycles. The number of fused-ring (bicyclic) bond motifs is 2. The molecule has 0 fully saturated rings. The number of nitrogens with one attached hydrogen (secondary N) is 1. The minimum absolute atomic E-state index is 0.453. The Morgan fingerprint density at radius 2 is 2.00 bits per heavy atom. The number of rotatable bonds is 5. The number of nitrogens with zero attached hydrogens (tertiary/aromatic N) is 3. The van der Waals surface area contributed by atoms with E-state index in [1.54, 1.807) is 6.07 Å². The molecule has 3 heterocycles. The third-order valence-corrected chi connectivity index (χ3v) is 5.59. The van der Waals surface area contributed by atoms with Gasteiger partial charge in [-0.2, -0.15) is 4.98 Å². The average molecular weight is 413 g/mol. The molecular formula is C24H23N5O2. The quantitative estimate of drug-likeness (QED) is 0.522. The number of hydrogen-bond acceptors (Lipinski definition) is 5. The number of carbonyl (C=O) groups is 1. The Bertz CT molecular complexity index is 1280. The summed E-state index contributed by atoms with van der Waals surface area (Å²) in [5, 5.41) is 4.39. The number of benzene rings is 2. The predicted molar refractivity (Wildman–Crippen MR) is 119 cm³/mol. The summed E-state index contributed by atoms with van der Waals surface area (Å²) in [6.45, 7) is 3.72. The van der Waals surface area contributed by atoms with E-state index >= 15 is 0 Å². The Hall–Kier alpha value is -3.71. The van der Waals surface area contributed by atoms with Crippen molar-refractivity contribution in [3.8, 4) is 5.95 Å². The van der Waals surface area contributed by atoms with Crippen molar-refractivity contribution in [1.82, 2.24) is 14.5 Å². The van der Waals surface area contributed by atoms with Crippen LogP contribution in [0.3, 0.4) is 0 Å². The largest absolute Gasteiger partial charge is 0.376 e. The zero-order valence-corrected chi connectivity index (χ0v) is 17.3. The third-order valence-electron chi connectivity index (χ3n) is 5.59. The maximum absolute atomic E-state index is 12.1. The Labute approximate surface area is 179 Å². The predicted octanol–water partition coefficient (Wildman–Crippen LogP) is 3.51. The van der Waals surface area contributed by atoms with E-state index in [-0.39, 0.29) is 0 Å². The summed E-state index contributed by atoms with van der Waals surface area (Å²) in [6, 6.07) is 17.7. The van der Waals surface area contributed by atoms with Crippen LogP contribution in [0.5, 0.6) is 0 Å². The molecule has 156 valence electrons. The Balaban J connectivity index is 1.65. The Kier molecular flexibility index (Phi) is 4.88. The summed E-state index contributed by atoms with van der Waals surface area (Å²) >= 11 is 0. The molecule has 0 radical (unpaired) electrons. The summed E-state index contributed by atoms with van der Waals surface area (Å²) in [5.41, 5.74) is 10.9. The molecule has 1 aliphatic rings. The van der Waals surface area contributed by atoms with E-state index in [4.69, 9.17) is 20.4 Å². The van der Waals surface area contributed by atoms with E-state index in [2.05, 4.69) is 17.4 Å². The molecular weight excluding hydrogens is 390 g/mol. The van der Waals surface area contributed by atoms with Crippen LogP contribution in [0.4, 0.5) is 5.82 Å². The first-order valence-corrected chi connectivity index (χ1v) is 10.3. The molecule has 1 amide bonds. The topological polar surface area (TPSA) is 95.1 Å². The van der Waals surface area contributed by atoms with Gasteiger partial charge in [0, 0.05) is 29.6 Å². The van der Waals surface area contributed by atoms with Gasteiger partial charge in [0.1, 0.15) is 5.82 Å². The second-order valence-electron chi connectivity index (χ2n) is 7.67. The highest BCUT2D eigenvalue weighted by Crippen LogP contribution is 2.29. The number of para-hydroxylation sites is 1. The summed E-state index contributed by atoms with van der Waals surface area (Å²) in [6.07, 6.45) is 0.714. The fourth-order valence-corrected chi connectivity index (χ4v) is 4.10. The number of primary amides is 1. The monoisotopic (exact) mass is 413 g/mol. The lowest BCUT2D eigenvalue weighted by atomic mass is 10.1. The molecule has 5 rings (SSSR count). The molecule has 0 saturated heterocycles. The van der Waals surface area contributed by atoms with Gasteiger partial charge in [0.25, 0.3) is 5.91 Å². The van der Waals surface area contributed by atoms with Gasteiger partial charge in [-0.15, -0.1) is 0 Å². The lowest BCUT2D eigenvalue weighted by Crippen LogP contribution is -2.19. The van der Waals surface area contributed by atoms with Crippen LogP contribution in [0.15, 0.2) is 54.6 Å². The maximum atomic E-state index is 12.1. The molecule has 0 atom stereocenters. The standard InChI is InChI=1S/C24H23N5O2/c1-15-12-17-8-5-9-18(22(25)30)21(17)29(15)24-27-20-10-11-31-14-19(20)23(28-24)26-13-16-6-3-2-4-7-16/h2-9,12H,10-11,13-14H2,1H3,(H2,25,30)(H,26,27,28). The van der Waals surface area contributed by atoms with Crippen molar-refractivity contribution in [3.05, 3.63) is 82.7 Å². The molecule has 31 heavy (non-hydrogen) atoms. The first kappa shape index (κ1) is 19.3. The number of nitrogens with two attached hydrogens (primary N) is 1. The molecule has 4 aromatic rings. The van der Waals surface area contributed by atoms with E-state index in [0.29, 0.717) is 37.7 Å². The first-order chi connectivity index (χ1) is 15.1. The summed E-state index contributed by atoms with van der Waals surface area (Å²) in [5.74, 6) is 0.803. The molecule has 0 saturated carbocycles. The van der Waals surface area contributed by atoms with Gasteiger partial charge in [-0.3, -0.25) is 9.36 Å². The summed E-state index contributed by atoms with van der Waals surface area (Å²) in [4.78, 5) is 21.8. The molecule has 0 aliphatic carbocycles. The summed E-state index contributed by atoms with van der Waals surface area (Å²) in [7, 11) is 0. The average Bonchev–Trinajstić information content (AvgIpc) is 3.13. The SMILES string of the molecule is Cc1cc2cccc(C(N)=O)c2n1-c1nc2c(c(NCc3ccccc3)n1)COCC2. The minimum Gasteiger partial charge on any atom is -0.376 e. The van der Waals surface area contributed by atoms with Crippen LogP contribution >= 0.6 is 0 Å². The number of ether oxygens (including phenoxy) is 1. The van der Waals surface area contributed by atoms with E-state index in [9.17, 15) is 4.79 Å². The van der Waals surface area contributed by atoms with Crippen molar-refractivity contribution in [3.63, 3.8) is 0 Å². The van der Waals surface area contributed by atoms with Gasteiger partial charge in [-0.1, -0.05) is 42.5 Å². The fourth-order valence-electron chi connectivity index (χ4n) is 4.10. The molecule has 7 heteroatoms.